The van der Waals surface area contributed by atoms with Crippen LogP contribution < -0.4 is 10.9 Å². The van der Waals surface area contributed by atoms with Gasteiger partial charge in [-0.15, -0.1) is 0 Å². The van der Waals surface area contributed by atoms with Gasteiger partial charge in [-0.25, -0.2) is 13.6 Å². The zero-order valence-corrected chi connectivity index (χ0v) is 12.4. The lowest BCUT2D eigenvalue weighted by Crippen LogP contribution is -2.36. The Morgan fingerprint density at radius 1 is 1.29 bits per heavy atom. The van der Waals surface area contributed by atoms with Gasteiger partial charge in [-0.2, -0.15) is 0 Å². The number of carboxylic acids is 1. The minimum absolute atomic E-state index is 0.0534. The number of amides is 1. The molecule has 3 N–H and O–H groups in total. The van der Waals surface area contributed by atoms with Crippen molar-refractivity contribution in [2.45, 2.75) is 0 Å². The molecule has 8 nitrogen and oxygen atoms in total. The number of carbonyl (C=O) groups excluding carboxylic acids is 1. The molecule has 0 atom stereocenters. The van der Waals surface area contributed by atoms with Gasteiger partial charge in [-0.05, 0) is 18.2 Å². The molecule has 1 aromatic carbocycles. The van der Waals surface area contributed by atoms with E-state index in [0.717, 1.165) is 4.68 Å². The van der Waals surface area contributed by atoms with Crippen molar-refractivity contribution in [2.24, 2.45) is 7.05 Å². The van der Waals surface area contributed by atoms with Crippen LogP contribution >= 0.6 is 0 Å². The average molecular weight is 333 g/mol. The van der Waals surface area contributed by atoms with Gasteiger partial charge < -0.3 is 15.5 Å². The molecule has 0 aliphatic heterocycles. The molecule has 0 unspecified atom stereocenters. The van der Waals surface area contributed by atoms with Gasteiger partial charge in [-0.3, -0.25) is 14.4 Å². The van der Waals surface area contributed by atoms with Crippen LogP contribution in [0, 0.1) is 5.82 Å². The number of hydrogen-bond acceptors (Lipinski definition) is 4. The van der Waals surface area contributed by atoms with Crippen LogP contribution in [0.2, 0.25) is 0 Å². The Balaban J connectivity index is 2.32. The largest absolute Gasteiger partial charge is 0.505 e. The Labute approximate surface area is 133 Å². The maximum absolute atomic E-state index is 13.9. The van der Waals surface area contributed by atoms with Gasteiger partial charge in [0.05, 0.1) is 5.52 Å². The van der Waals surface area contributed by atoms with Crippen molar-refractivity contribution in [3.05, 3.63) is 46.0 Å². The van der Waals surface area contributed by atoms with E-state index >= 15 is 0 Å². The number of carbonyl (C=O) groups is 2. The Morgan fingerprint density at radius 3 is 2.67 bits per heavy atom. The van der Waals surface area contributed by atoms with E-state index in [1.54, 1.807) is 6.07 Å². The smallest absolute Gasteiger partial charge is 0.322 e. The summed E-state index contributed by atoms with van der Waals surface area (Å²) in [6, 6.07) is 5.57. The predicted molar refractivity (Wildman–Crippen MR) is 81.7 cm³/mol. The maximum Gasteiger partial charge on any atom is 0.322 e. The lowest BCUT2D eigenvalue weighted by Gasteiger charge is -2.11. The van der Waals surface area contributed by atoms with Gasteiger partial charge in [-0.1, -0.05) is 6.07 Å². The lowest BCUT2D eigenvalue weighted by molar-refractivity contribution is -0.135. The monoisotopic (exact) mass is 333 g/mol. The number of rotatable bonds is 3. The van der Waals surface area contributed by atoms with Crippen LogP contribution in [0.15, 0.2) is 29.1 Å². The van der Waals surface area contributed by atoms with E-state index in [-0.39, 0.29) is 10.9 Å². The standard InChI is InChI=1S/C15H12FN3O5/c1-18-15(24)12(14(23)17-6-11(20)21)13(22)10-5-7-8(16)3-2-4-9(7)19(10)18/h2-5,22H,6H2,1H3,(H,17,23)(H,20,21). The highest BCUT2D eigenvalue weighted by atomic mass is 19.1. The quantitative estimate of drug-likeness (QED) is 0.644. The van der Waals surface area contributed by atoms with Gasteiger partial charge in [0.2, 0.25) is 0 Å². The zero-order chi connectivity index (χ0) is 17.6. The Hall–Kier alpha value is -3.36. The first-order valence-corrected chi connectivity index (χ1v) is 6.85. The molecular formula is C15H12FN3O5. The van der Waals surface area contributed by atoms with Crippen molar-refractivity contribution in [3.63, 3.8) is 0 Å². The van der Waals surface area contributed by atoms with Gasteiger partial charge in [0.1, 0.15) is 23.4 Å². The van der Waals surface area contributed by atoms with Crippen LogP contribution in [0.3, 0.4) is 0 Å². The number of carboxylic acid groups (broad SMARTS) is 1. The second-order valence-corrected chi connectivity index (χ2v) is 5.14. The fourth-order valence-corrected chi connectivity index (χ4v) is 2.60. The third-order valence-corrected chi connectivity index (χ3v) is 3.68. The molecule has 3 rings (SSSR count). The maximum atomic E-state index is 13.9. The fourth-order valence-electron chi connectivity index (χ4n) is 2.60. The Bertz CT molecular complexity index is 1070. The number of aryl methyl sites for hydroxylation is 1. The predicted octanol–water partition coefficient (Wildman–Crippen LogP) is 0.450. The summed E-state index contributed by atoms with van der Waals surface area (Å²) in [5.41, 5.74) is -1.05. The zero-order valence-electron chi connectivity index (χ0n) is 12.4. The summed E-state index contributed by atoms with van der Waals surface area (Å²) in [7, 11) is 1.35. The molecule has 9 heteroatoms. The third-order valence-electron chi connectivity index (χ3n) is 3.68. The van der Waals surface area contributed by atoms with Crippen molar-refractivity contribution in [2.75, 3.05) is 6.54 Å². The van der Waals surface area contributed by atoms with Gasteiger partial charge >= 0.3 is 5.97 Å². The second-order valence-electron chi connectivity index (χ2n) is 5.14. The number of nitrogens with zero attached hydrogens (tertiary/aromatic N) is 2. The number of hydrogen-bond donors (Lipinski definition) is 3. The molecule has 0 aliphatic rings. The number of aliphatic carboxylic acids is 1. The summed E-state index contributed by atoms with van der Waals surface area (Å²) in [5, 5.41) is 21.1. The molecule has 2 heterocycles. The summed E-state index contributed by atoms with van der Waals surface area (Å²) >= 11 is 0. The molecule has 0 saturated heterocycles. The van der Waals surface area contributed by atoms with Crippen molar-refractivity contribution in [1.82, 2.24) is 14.5 Å². The molecule has 124 valence electrons. The van der Waals surface area contributed by atoms with Gasteiger partial charge in [0, 0.05) is 12.4 Å². The first kappa shape index (κ1) is 15.5. The lowest BCUT2D eigenvalue weighted by atomic mass is 10.2. The molecule has 1 amide bonds. The van der Waals surface area contributed by atoms with E-state index in [0.29, 0.717) is 5.52 Å². The molecule has 0 fully saturated rings. The van der Waals surface area contributed by atoms with Gasteiger partial charge in [0.15, 0.2) is 5.75 Å². The highest BCUT2D eigenvalue weighted by Gasteiger charge is 2.23. The van der Waals surface area contributed by atoms with E-state index in [2.05, 4.69) is 0 Å². The molecule has 0 saturated carbocycles. The number of aromatic nitrogens is 2. The van der Waals surface area contributed by atoms with Crippen LogP contribution in [0.4, 0.5) is 4.39 Å². The first-order valence-electron chi connectivity index (χ1n) is 6.85. The van der Waals surface area contributed by atoms with Crippen LogP contribution in [0.1, 0.15) is 10.4 Å². The van der Waals surface area contributed by atoms with E-state index < -0.39 is 41.1 Å². The number of halogens is 1. The van der Waals surface area contributed by atoms with E-state index in [9.17, 15) is 23.9 Å². The summed E-state index contributed by atoms with van der Waals surface area (Å²) in [6.07, 6.45) is 0. The molecular weight excluding hydrogens is 321 g/mol. The average Bonchev–Trinajstić information content (AvgIpc) is 2.92. The number of nitrogens with one attached hydrogen (secondary N) is 1. The summed E-state index contributed by atoms with van der Waals surface area (Å²) in [5.74, 6) is -3.50. The molecule has 0 bridgehead atoms. The van der Waals surface area contributed by atoms with Crippen LogP contribution in [-0.4, -0.2) is 37.8 Å². The molecule has 0 aliphatic carbocycles. The summed E-state index contributed by atoms with van der Waals surface area (Å²) in [4.78, 5) is 35.0. The van der Waals surface area contributed by atoms with Crippen LogP contribution in [0.25, 0.3) is 16.4 Å². The van der Waals surface area contributed by atoms with E-state index in [1.165, 1.54) is 29.8 Å². The number of fused-ring (bicyclic) bond motifs is 3. The fraction of sp³-hybridized carbons (Fsp3) is 0.133. The third kappa shape index (κ3) is 2.18. The topological polar surface area (TPSA) is 113 Å². The normalized spacial score (nSPS) is 11.1. The molecule has 0 radical (unpaired) electrons. The van der Waals surface area contributed by atoms with Crippen molar-refractivity contribution >= 4 is 28.3 Å². The van der Waals surface area contributed by atoms with Crippen LogP contribution in [0.5, 0.6) is 5.75 Å². The first-order chi connectivity index (χ1) is 11.3. The molecule has 0 spiro atoms. The summed E-state index contributed by atoms with van der Waals surface area (Å²) in [6.45, 7) is -0.704. The van der Waals surface area contributed by atoms with Gasteiger partial charge in [0.25, 0.3) is 11.5 Å². The van der Waals surface area contributed by atoms with E-state index in [4.69, 9.17) is 5.11 Å². The Morgan fingerprint density at radius 2 is 2.00 bits per heavy atom. The molecule has 2 aromatic heterocycles. The molecule has 24 heavy (non-hydrogen) atoms. The SMILES string of the molecule is Cn1c(=O)c(C(=O)NCC(=O)O)c(O)c2cc3c(F)cccc3n21. The van der Waals surface area contributed by atoms with Crippen molar-refractivity contribution < 1.29 is 24.2 Å². The number of aromatic hydroxyl groups is 1. The highest BCUT2D eigenvalue weighted by Crippen LogP contribution is 2.29. The second kappa shape index (κ2) is 5.37. The minimum Gasteiger partial charge on any atom is -0.505 e. The highest BCUT2D eigenvalue weighted by molar-refractivity contribution is 6.01. The van der Waals surface area contributed by atoms with Crippen molar-refractivity contribution in [1.29, 1.82) is 0 Å². The molecule has 3 aromatic rings. The Kier molecular flexibility index (Phi) is 3.48. The van der Waals surface area contributed by atoms with Crippen molar-refractivity contribution in [3.8, 4) is 5.75 Å². The van der Waals surface area contributed by atoms with E-state index in [1.807, 2.05) is 5.32 Å². The number of benzene rings is 1. The summed E-state index contributed by atoms with van der Waals surface area (Å²) < 4.78 is 16.3. The minimum atomic E-state index is -1.30. The van der Waals surface area contributed by atoms with Crippen LogP contribution in [-0.2, 0) is 11.8 Å².